The van der Waals surface area contributed by atoms with E-state index in [1.807, 2.05) is 6.07 Å². The van der Waals surface area contributed by atoms with E-state index < -0.39 is 30.4 Å². The van der Waals surface area contributed by atoms with E-state index in [1.54, 1.807) is 39.0 Å². The van der Waals surface area contributed by atoms with Crippen molar-refractivity contribution in [3.05, 3.63) is 41.9 Å². The zero-order chi connectivity index (χ0) is 36.3. The minimum atomic E-state index is -4.46. The summed E-state index contributed by atoms with van der Waals surface area (Å²) in [5.74, 6) is 5.25. The van der Waals surface area contributed by atoms with Crippen LogP contribution >= 0.6 is 0 Å². The molecule has 0 radical (unpaired) electrons. The summed E-state index contributed by atoms with van der Waals surface area (Å²) >= 11 is 0. The first-order valence-corrected chi connectivity index (χ1v) is 16.5. The van der Waals surface area contributed by atoms with E-state index in [2.05, 4.69) is 49.5 Å². The highest BCUT2D eigenvalue weighted by atomic mass is 19.4. The molecule has 2 atom stereocenters. The predicted octanol–water partition coefficient (Wildman–Crippen LogP) is 4.31. The van der Waals surface area contributed by atoms with Gasteiger partial charge in [0.2, 0.25) is 0 Å². The molecule has 0 saturated carbocycles. The highest BCUT2D eigenvalue weighted by Gasteiger charge is 2.31. The minimum absolute atomic E-state index is 0.0766. The van der Waals surface area contributed by atoms with Crippen molar-refractivity contribution in [1.29, 1.82) is 0 Å². The lowest BCUT2D eigenvalue weighted by Gasteiger charge is -2.38. The fourth-order valence-corrected chi connectivity index (χ4v) is 5.65. The molecule has 3 heterocycles. The van der Waals surface area contributed by atoms with Crippen LogP contribution in [0.2, 0.25) is 0 Å². The number of anilines is 1. The summed E-state index contributed by atoms with van der Waals surface area (Å²) in [6, 6.07) is 7.02. The van der Waals surface area contributed by atoms with E-state index >= 15 is 0 Å². The molecule has 50 heavy (non-hydrogen) atoms. The van der Waals surface area contributed by atoms with Crippen molar-refractivity contribution in [3.8, 4) is 11.8 Å². The number of esters is 1. The number of benzene rings is 1. The number of nitrogens with zero attached hydrogens (tertiary/aromatic N) is 5. The predicted molar refractivity (Wildman–Crippen MR) is 180 cm³/mol. The van der Waals surface area contributed by atoms with E-state index in [1.165, 1.54) is 18.0 Å². The number of alkyl carbamates (subject to hydrolysis) is 1. The van der Waals surface area contributed by atoms with Gasteiger partial charge in [-0.25, -0.2) is 14.3 Å². The second-order valence-corrected chi connectivity index (χ2v) is 13.1. The highest BCUT2D eigenvalue weighted by Crippen LogP contribution is 2.32. The summed E-state index contributed by atoms with van der Waals surface area (Å²) in [6.45, 7) is 7.77. The number of hydrogen-bond acceptors (Lipinski definition) is 10. The number of amides is 1. The Morgan fingerprint density at radius 3 is 2.58 bits per heavy atom. The number of piperidine rings is 1. The van der Waals surface area contributed by atoms with Gasteiger partial charge in [0, 0.05) is 30.3 Å². The van der Waals surface area contributed by atoms with Crippen molar-refractivity contribution in [2.24, 2.45) is 5.92 Å². The fraction of sp³-hybridized carbons (Fsp3) is 0.588. The van der Waals surface area contributed by atoms with Gasteiger partial charge in [-0.2, -0.15) is 13.2 Å². The van der Waals surface area contributed by atoms with E-state index in [-0.39, 0.29) is 29.9 Å². The van der Waals surface area contributed by atoms with Crippen molar-refractivity contribution in [2.75, 3.05) is 65.5 Å². The third-order valence-electron chi connectivity index (χ3n) is 7.90. The van der Waals surface area contributed by atoms with Crippen LogP contribution in [-0.2, 0) is 32.0 Å². The van der Waals surface area contributed by atoms with Crippen LogP contribution in [0.4, 0.5) is 23.7 Å². The topological polar surface area (TPSA) is 134 Å². The van der Waals surface area contributed by atoms with Crippen LogP contribution < -0.4 is 10.6 Å². The van der Waals surface area contributed by atoms with Crippen LogP contribution in [0.15, 0.2) is 30.5 Å². The van der Waals surface area contributed by atoms with Gasteiger partial charge in [0.15, 0.2) is 5.69 Å². The minimum Gasteiger partial charge on any atom is -0.464 e. The van der Waals surface area contributed by atoms with Gasteiger partial charge in [0.25, 0.3) is 0 Å². The van der Waals surface area contributed by atoms with E-state index in [4.69, 9.17) is 14.2 Å². The van der Waals surface area contributed by atoms with Gasteiger partial charge in [-0.15, -0.1) is 5.10 Å². The molecule has 1 amide bonds. The Hall–Kier alpha value is -4.33. The quantitative estimate of drug-likeness (QED) is 0.142. The molecule has 2 aromatic heterocycles. The number of fused-ring (bicyclic) bond motifs is 1. The van der Waals surface area contributed by atoms with Crippen LogP contribution in [-0.4, -0.2) is 115 Å². The molecule has 0 aliphatic carbocycles. The number of carbonyl (C=O) groups is 2. The lowest BCUT2D eigenvalue weighted by atomic mass is 9.89. The lowest BCUT2D eigenvalue weighted by Crippen LogP contribution is -2.45. The average Bonchev–Trinajstić information content (AvgIpc) is 3.65. The number of likely N-dealkylation sites (tertiary alicyclic amines) is 1. The number of nitrogens with one attached hydrogen (secondary N) is 2. The molecule has 1 aliphatic rings. The molecule has 0 spiro atoms. The van der Waals surface area contributed by atoms with Crippen LogP contribution in [0.25, 0.3) is 10.9 Å². The summed E-state index contributed by atoms with van der Waals surface area (Å²) in [5.41, 5.74) is 0.793. The Labute approximate surface area is 289 Å². The molecule has 4 rings (SSSR count). The van der Waals surface area contributed by atoms with Crippen LogP contribution in [0.3, 0.4) is 0 Å². The number of alkyl halides is 3. The zero-order valence-corrected chi connectivity index (χ0v) is 29.1. The van der Waals surface area contributed by atoms with Gasteiger partial charge in [0.05, 0.1) is 57.4 Å². The van der Waals surface area contributed by atoms with E-state index in [0.717, 1.165) is 36.2 Å². The van der Waals surface area contributed by atoms with Crippen LogP contribution in [0.5, 0.6) is 0 Å². The van der Waals surface area contributed by atoms with Crippen molar-refractivity contribution in [1.82, 2.24) is 29.8 Å². The van der Waals surface area contributed by atoms with E-state index in [0.29, 0.717) is 43.9 Å². The maximum atomic E-state index is 13.7. The molecular formula is C34H46F3N7O6. The van der Waals surface area contributed by atoms with Gasteiger partial charge in [-0.05, 0) is 77.2 Å². The summed E-state index contributed by atoms with van der Waals surface area (Å²) in [6.07, 6.45) is -1.98. The molecule has 2 unspecified atom stereocenters. The molecular weight excluding hydrogens is 659 g/mol. The van der Waals surface area contributed by atoms with E-state index in [9.17, 15) is 22.8 Å². The molecule has 1 saturated heterocycles. The lowest BCUT2D eigenvalue weighted by molar-refractivity contribution is -0.140. The first-order valence-electron chi connectivity index (χ1n) is 16.5. The van der Waals surface area contributed by atoms with Crippen molar-refractivity contribution >= 4 is 28.7 Å². The van der Waals surface area contributed by atoms with Gasteiger partial charge < -0.3 is 39.0 Å². The molecule has 16 heteroatoms. The largest absolute Gasteiger partial charge is 0.464 e. The number of carbonyl (C=O) groups excluding carboxylic acids is 2. The zero-order valence-electron chi connectivity index (χ0n) is 29.1. The first kappa shape index (κ1) is 38.5. The fourth-order valence-electron chi connectivity index (χ4n) is 5.65. The van der Waals surface area contributed by atoms with Gasteiger partial charge in [-0.1, -0.05) is 17.2 Å². The van der Waals surface area contributed by atoms with Gasteiger partial charge >= 0.3 is 18.2 Å². The Balaban J connectivity index is 1.34. The van der Waals surface area contributed by atoms with Crippen LogP contribution in [0, 0.1) is 17.8 Å². The number of methoxy groups -OCH3 is 1. The van der Waals surface area contributed by atoms with Gasteiger partial charge in [-0.3, -0.25) is 0 Å². The molecule has 3 aromatic rings. The number of rotatable bonds is 14. The maximum absolute atomic E-state index is 13.7. The van der Waals surface area contributed by atoms with Crippen molar-refractivity contribution < 1.29 is 41.7 Å². The summed E-state index contributed by atoms with van der Waals surface area (Å²) in [4.78, 5) is 25.7. The molecule has 0 bridgehead atoms. The number of aromatic nitrogens is 4. The molecule has 1 aliphatic heterocycles. The third kappa shape index (κ3) is 11.9. The molecule has 1 aromatic carbocycles. The number of hydrogen-bond donors (Lipinski definition) is 2. The molecule has 13 nitrogen and oxygen atoms in total. The van der Waals surface area contributed by atoms with Crippen molar-refractivity contribution in [3.63, 3.8) is 0 Å². The number of ether oxygens (including phenoxy) is 4. The summed E-state index contributed by atoms with van der Waals surface area (Å²) in [7, 11) is 3.35. The Kier molecular flexibility index (Phi) is 13.5. The molecule has 1 fully saturated rings. The number of halogens is 3. The Morgan fingerprint density at radius 1 is 1.10 bits per heavy atom. The first-order chi connectivity index (χ1) is 23.7. The average molecular weight is 706 g/mol. The Morgan fingerprint density at radius 2 is 1.86 bits per heavy atom. The monoisotopic (exact) mass is 705 g/mol. The molecule has 274 valence electrons. The maximum Gasteiger partial charge on any atom is 0.408 e. The smallest absolute Gasteiger partial charge is 0.408 e. The molecule has 2 N–H and O–H groups in total. The summed E-state index contributed by atoms with van der Waals surface area (Å²) < 4.78 is 65.0. The van der Waals surface area contributed by atoms with Crippen molar-refractivity contribution in [2.45, 2.75) is 64.5 Å². The second kappa shape index (κ2) is 17.6. The standard InChI is InChI=1S/C34H46F3N7O6/c1-33(2,3)50-32(46)38-13-7-8-25-20-26-28(9-6-10-30(26)44(25)23-34(35,36)37)39-27-11-14-42(4)21-24(27)12-16-48-18-19-49-17-15-43-22-29(40-41-43)31(45)47-5/h6,9-10,20,22,24,27,39H,11-19,21,23H2,1-5H3,(H,38,46). The SMILES string of the molecule is COC(=O)c1cn(CCOCCOCCC2CN(C)CCC2Nc2cccc3c2cc(C#CCNC(=O)OC(C)(C)C)n3CC(F)(F)F)nn1. The Bertz CT molecular complexity index is 1640. The third-order valence-corrected chi connectivity index (χ3v) is 7.90. The summed E-state index contributed by atoms with van der Waals surface area (Å²) in [5, 5.41) is 14.4. The van der Waals surface area contributed by atoms with Crippen LogP contribution in [0.1, 0.15) is 49.8 Å². The second-order valence-electron chi connectivity index (χ2n) is 13.1. The van der Waals surface area contributed by atoms with Gasteiger partial charge in [0.1, 0.15) is 12.1 Å². The normalized spacial score (nSPS) is 16.9. The highest BCUT2D eigenvalue weighted by molar-refractivity contribution is 5.94.